The molecule has 36 heteroatoms. The number of nitrogens with two attached hydrogens (primary N) is 4. The van der Waals surface area contributed by atoms with Crippen molar-refractivity contribution >= 4 is 100 Å². The fourth-order valence-electron chi connectivity index (χ4n) is 10.5. The lowest BCUT2D eigenvalue weighted by Gasteiger charge is -2.30. The number of aliphatic hydroxyl groups is 2. The van der Waals surface area contributed by atoms with E-state index in [0.717, 1.165) is 0 Å². The summed E-state index contributed by atoms with van der Waals surface area (Å²) in [5.41, 5.74) is 24.1. The Balaban J connectivity index is 1.95. The van der Waals surface area contributed by atoms with Gasteiger partial charge >= 0.3 is 11.9 Å². The normalized spacial score (nSPS) is 15.0. The van der Waals surface area contributed by atoms with Crippen LogP contribution in [0.5, 0.6) is 0 Å². The quantitative estimate of drug-likeness (QED) is 0.0234. The molecular weight excluding hydrogens is 1330 g/mol. The van der Waals surface area contributed by atoms with Crippen LogP contribution >= 0.6 is 0 Å². The van der Waals surface area contributed by atoms with Crippen LogP contribution in [0.3, 0.4) is 0 Å². The molecule has 2 aromatic carbocycles. The number of aliphatic hydroxyl groups excluding tert-OH is 2. The van der Waals surface area contributed by atoms with Gasteiger partial charge in [-0.1, -0.05) is 96.5 Å². The number of hydrogen-bond acceptors (Lipinski definition) is 20. The molecule has 0 saturated heterocycles. The molecule has 0 radical (unpaired) electrons. The van der Waals surface area contributed by atoms with Gasteiger partial charge in [0.25, 0.3) is 0 Å². The molecule has 0 bridgehead atoms. The summed E-state index contributed by atoms with van der Waals surface area (Å²) in [5.74, 6) is -16.9. The average molecular weight is 1440 g/mol. The maximum atomic E-state index is 14.6. The highest BCUT2D eigenvalue weighted by Crippen LogP contribution is 2.20. The Morgan fingerprint density at radius 3 is 1.33 bits per heavy atom. The van der Waals surface area contributed by atoms with E-state index in [1.165, 1.54) is 6.20 Å². The van der Waals surface area contributed by atoms with Gasteiger partial charge in [0.05, 0.1) is 13.2 Å². The fraction of sp³-hybridized carbons (Fsp3) is 0.561. The van der Waals surface area contributed by atoms with Gasteiger partial charge in [-0.05, 0) is 93.1 Å². The molecule has 1 aromatic heterocycles. The molecule has 102 heavy (non-hydrogen) atoms. The molecule has 0 spiro atoms. The van der Waals surface area contributed by atoms with Crippen LogP contribution in [-0.4, -0.2) is 220 Å². The van der Waals surface area contributed by atoms with Crippen LogP contribution in [0.25, 0.3) is 10.9 Å². The van der Waals surface area contributed by atoms with E-state index in [1.807, 2.05) is 0 Å². The summed E-state index contributed by atoms with van der Waals surface area (Å²) in [6.07, 6.45) is -0.934. The summed E-state index contributed by atoms with van der Waals surface area (Å²) < 4.78 is 0. The number of fused-ring (bicyclic) bond motifs is 1. The van der Waals surface area contributed by atoms with Gasteiger partial charge in [0.15, 0.2) is 0 Å². The average Bonchev–Trinajstić information content (AvgIpc) is 1.66. The molecule has 564 valence electrons. The maximum absolute atomic E-state index is 14.6. The van der Waals surface area contributed by atoms with Gasteiger partial charge in [0, 0.05) is 42.8 Å². The van der Waals surface area contributed by atoms with Crippen molar-refractivity contribution in [3.8, 4) is 0 Å². The molecule has 0 fully saturated rings. The molecular formula is C66H101N17O19. The zero-order valence-electron chi connectivity index (χ0n) is 58.0. The number of rotatable bonds is 48. The molecule has 13 amide bonds. The molecule has 3 rings (SSSR count). The number of aromatic amines is 1. The van der Waals surface area contributed by atoms with Crippen LogP contribution in [0.4, 0.5) is 0 Å². The first kappa shape index (κ1) is 86.1. The highest BCUT2D eigenvalue weighted by Gasteiger charge is 2.39. The third kappa shape index (κ3) is 28.1. The first-order valence-electron chi connectivity index (χ1n) is 33.6. The maximum Gasteiger partial charge on any atom is 0.326 e. The van der Waals surface area contributed by atoms with Crippen molar-refractivity contribution in [3.63, 3.8) is 0 Å². The number of carboxylic acids is 2. The van der Waals surface area contributed by atoms with E-state index in [0.29, 0.717) is 28.5 Å². The molecule has 3 aromatic rings. The van der Waals surface area contributed by atoms with Gasteiger partial charge in [-0.3, -0.25) is 67.1 Å². The standard InChI is InChI=1S/C66H101N17O19/c1-7-36(6)54(65(100)76-45(66(101)102)18-13-25-67)83-64(99)53(35(4)5)82-58(93)43(20-22-51(88)89)73-59(94)46(28-37-14-9-8-10-15-37)77-57(92)44(24-27-69)75-56(91)42(19-21-50(70)87)74-61(96)48(31-84)79-60(95)47(29-38-30-71-40-17-12-11-16-39(38)40)78-62(97)49(32-85)80-63(98)52(34(2)3)81-55(90)41(23-26-68)72-33-86/h8-12,14-17,30,33-36,41-49,52-54,71,84-85H,7,13,18-29,31-32,67-69H2,1-6H3,(H2,70,87)(H,72,86)(H,73,94)(H,74,96)(H,75,91)(H,76,100)(H,77,92)(H,78,97)(H,79,95)(H,80,98)(H,81,90)(H,82,93)(H,83,99)(H,88,89)(H,101,102). The predicted octanol–water partition coefficient (Wildman–Crippen LogP) is -5.61. The minimum Gasteiger partial charge on any atom is -0.481 e. The fourth-order valence-corrected chi connectivity index (χ4v) is 10.5. The smallest absolute Gasteiger partial charge is 0.326 e. The number of carboxylic acid groups (broad SMARTS) is 2. The number of amides is 13. The van der Waals surface area contributed by atoms with E-state index >= 15 is 0 Å². The number of hydrogen-bond donors (Lipinski definition) is 21. The molecule has 0 aliphatic heterocycles. The van der Waals surface area contributed by atoms with E-state index in [4.69, 9.17) is 22.9 Å². The minimum absolute atomic E-state index is 0.00288. The van der Waals surface area contributed by atoms with Crippen molar-refractivity contribution in [2.75, 3.05) is 32.8 Å². The van der Waals surface area contributed by atoms with E-state index in [-0.39, 0.29) is 64.6 Å². The number of primary amides is 1. The predicted molar refractivity (Wildman–Crippen MR) is 368 cm³/mol. The molecule has 36 nitrogen and oxygen atoms in total. The Morgan fingerprint density at radius 2 is 0.853 bits per heavy atom. The van der Waals surface area contributed by atoms with Crippen LogP contribution in [0, 0.1) is 17.8 Å². The summed E-state index contributed by atoms with van der Waals surface area (Å²) >= 11 is 0. The summed E-state index contributed by atoms with van der Waals surface area (Å²) in [4.78, 5) is 205. The second kappa shape index (κ2) is 44.2. The SMILES string of the molecule is CCC(C)C(NC(=O)C(NC(=O)C(CCC(=O)O)NC(=O)C(Cc1ccccc1)NC(=O)C(CCN)NC(=O)C(CCC(N)=O)NC(=O)C(CO)NC(=O)C(Cc1c[nH]c2ccccc12)NC(=O)C(CO)NC(=O)C(NC(=O)C(CCN)NC=O)C(C)C)C(C)C)C(=O)NC(CCCN)C(=O)O. The van der Waals surface area contributed by atoms with Crippen molar-refractivity contribution in [2.45, 2.75) is 185 Å². The highest BCUT2D eigenvalue weighted by atomic mass is 16.4. The lowest BCUT2D eigenvalue weighted by atomic mass is 9.95. The Morgan fingerprint density at radius 1 is 0.451 bits per heavy atom. The second-order valence-electron chi connectivity index (χ2n) is 25.1. The topological polar surface area (TPSA) is 601 Å². The van der Waals surface area contributed by atoms with Crippen molar-refractivity contribution in [2.24, 2.45) is 40.7 Å². The third-order valence-electron chi connectivity index (χ3n) is 16.6. The van der Waals surface area contributed by atoms with Gasteiger partial charge in [-0.2, -0.15) is 0 Å². The van der Waals surface area contributed by atoms with Crippen molar-refractivity contribution in [1.82, 2.24) is 68.8 Å². The van der Waals surface area contributed by atoms with Gasteiger partial charge in [-0.25, -0.2) is 4.79 Å². The number of aliphatic carboxylic acids is 2. The summed E-state index contributed by atoms with van der Waals surface area (Å²) in [7, 11) is 0. The van der Waals surface area contributed by atoms with Gasteiger partial charge in [0.2, 0.25) is 77.3 Å². The first-order valence-corrected chi connectivity index (χ1v) is 33.6. The zero-order chi connectivity index (χ0) is 76.3. The number of benzene rings is 2. The van der Waals surface area contributed by atoms with Crippen molar-refractivity contribution < 1.29 is 92.3 Å². The number of nitrogens with one attached hydrogen (secondary N) is 13. The largest absolute Gasteiger partial charge is 0.481 e. The Hall–Kier alpha value is -10.2. The molecule has 0 aliphatic carbocycles. The van der Waals surface area contributed by atoms with Gasteiger partial charge in [-0.15, -0.1) is 0 Å². The van der Waals surface area contributed by atoms with Crippen LogP contribution in [0.2, 0.25) is 0 Å². The number of para-hydroxylation sites is 1. The van der Waals surface area contributed by atoms with Crippen LogP contribution in [-0.2, 0) is 84.8 Å². The summed E-state index contributed by atoms with van der Waals surface area (Å²) in [6, 6.07) is -3.73. The summed E-state index contributed by atoms with van der Waals surface area (Å²) in [5, 5.41) is 70.6. The van der Waals surface area contributed by atoms with E-state index in [9.17, 15) is 92.3 Å². The monoisotopic (exact) mass is 1440 g/mol. The van der Waals surface area contributed by atoms with Crippen molar-refractivity contribution in [1.29, 1.82) is 0 Å². The Bertz CT molecular complexity index is 3340. The number of H-pyrrole nitrogens is 1. The van der Waals surface area contributed by atoms with Crippen LogP contribution < -0.4 is 86.7 Å². The van der Waals surface area contributed by atoms with Gasteiger partial charge in [0.1, 0.15) is 72.5 Å². The lowest BCUT2D eigenvalue weighted by Crippen LogP contribution is -2.62. The minimum atomic E-state index is -1.94. The van der Waals surface area contributed by atoms with Gasteiger partial charge < -0.3 is 112 Å². The Kier molecular flexibility index (Phi) is 37.3. The van der Waals surface area contributed by atoms with Crippen molar-refractivity contribution in [3.05, 3.63) is 71.9 Å². The van der Waals surface area contributed by atoms with Crippen LogP contribution in [0.1, 0.15) is 110 Å². The molecule has 13 unspecified atom stereocenters. The number of carbonyl (C=O) groups is 15. The highest BCUT2D eigenvalue weighted by molar-refractivity contribution is 6.00. The first-order chi connectivity index (χ1) is 48.4. The summed E-state index contributed by atoms with van der Waals surface area (Å²) in [6.45, 7) is 7.24. The number of aromatic nitrogens is 1. The van der Waals surface area contributed by atoms with E-state index < -0.39 is 212 Å². The van der Waals surface area contributed by atoms with Crippen LogP contribution in [0.15, 0.2) is 60.8 Å². The molecule has 1 heterocycles. The second-order valence-corrected chi connectivity index (χ2v) is 25.1. The molecule has 0 saturated carbocycles. The molecule has 13 atom stereocenters. The zero-order valence-corrected chi connectivity index (χ0v) is 58.0. The van der Waals surface area contributed by atoms with E-state index in [1.54, 1.807) is 96.1 Å². The number of carbonyl (C=O) groups excluding carboxylic acids is 13. The Labute approximate surface area is 589 Å². The molecule has 0 aliphatic rings. The lowest BCUT2D eigenvalue weighted by molar-refractivity contribution is -0.143. The molecule has 25 N–H and O–H groups in total. The third-order valence-corrected chi connectivity index (χ3v) is 16.6. The van der Waals surface area contributed by atoms with E-state index in [2.05, 4.69) is 68.8 Å².